The highest BCUT2D eigenvalue weighted by Gasteiger charge is 2.27. The quantitative estimate of drug-likeness (QED) is 0.629. The normalized spacial score (nSPS) is 12.3. The van der Waals surface area contributed by atoms with Crippen LogP contribution in [0.5, 0.6) is 0 Å². The molecule has 3 rings (SSSR count). The molecular formula is C21H24N2O3S. The Hall–Kier alpha value is -2.60. The predicted molar refractivity (Wildman–Crippen MR) is 108 cm³/mol. The molecule has 0 aliphatic rings. The first kappa shape index (κ1) is 19.2. The molecule has 0 spiro atoms. The lowest BCUT2D eigenvalue weighted by Crippen LogP contribution is -2.45. The molecule has 1 amide bonds. The Morgan fingerprint density at radius 2 is 1.93 bits per heavy atom. The second-order valence-electron chi connectivity index (χ2n) is 6.81. The van der Waals surface area contributed by atoms with E-state index in [4.69, 9.17) is 4.74 Å². The molecule has 5 nitrogen and oxygen atoms in total. The monoisotopic (exact) mass is 384 g/mol. The highest BCUT2D eigenvalue weighted by Crippen LogP contribution is 2.26. The number of carbonyl (C=O) groups is 2. The van der Waals surface area contributed by atoms with Gasteiger partial charge in [-0.15, -0.1) is 11.3 Å². The van der Waals surface area contributed by atoms with Gasteiger partial charge in [0.05, 0.1) is 17.3 Å². The fourth-order valence-electron chi connectivity index (χ4n) is 3.13. The summed E-state index contributed by atoms with van der Waals surface area (Å²) < 4.78 is 7.92. The smallest absolute Gasteiger partial charge is 0.328 e. The van der Waals surface area contributed by atoms with Crippen molar-refractivity contribution in [2.45, 2.75) is 32.9 Å². The minimum absolute atomic E-state index is 0.0600. The predicted octanol–water partition coefficient (Wildman–Crippen LogP) is 3.87. The summed E-state index contributed by atoms with van der Waals surface area (Å²) in [7, 11) is 1.34. The highest BCUT2D eigenvalue weighted by molar-refractivity contribution is 7.17. The summed E-state index contributed by atoms with van der Waals surface area (Å²) >= 11 is 1.60. The average Bonchev–Trinajstić information content (AvgIpc) is 3.25. The van der Waals surface area contributed by atoms with Gasteiger partial charge < -0.3 is 14.6 Å². The largest absolute Gasteiger partial charge is 0.467 e. The molecular weight excluding hydrogens is 360 g/mol. The van der Waals surface area contributed by atoms with E-state index in [1.807, 2.05) is 54.1 Å². The van der Waals surface area contributed by atoms with E-state index < -0.39 is 12.0 Å². The first-order valence-corrected chi connectivity index (χ1v) is 9.88. The van der Waals surface area contributed by atoms with Crippen LogP contribution < -0.4 is 5.32 Å². The van der Waals surface area contributed by atoms with Gasteiger partial charge in [0.2, 0.25) is 0 Å². The maximum atomic E-state index is 12.9. The molecule has 2 heterocycles. The summed E-state index contributed by atoms with van der Waals surface area (Å²) in [4.78, 5) is 24.9. The van der Waals surface area contributed by atoms with E-state index in [0.29, 0.717) is 12.2 Å². The van der Waals surface area contributed by atoms with Crippen LogP contribution in [0, 0.1) is 5.92 Å². The van der Waals surface area contributed by atoms with Gasteiger partial charge >= 0.3 is 5.97 Å². The van der Waals surface area contributed by atoms with Crippen LogP contribution in [0.1, 0.15) is 29.9 Å². The first-order chi connectivity index (χ1) is 13.0. The lowest BCUT2D eigenvalue weighted by atomic mass is 10.0. The zero-order valence-electron chi connectivity index (χ0n) is 15.8. The third-order valence-corrected chi connectivity index (χ3v) is 5.48. The molecule has 27 heavy (non-hydrogen) atoms. The Kier molecular flexibility index (Phi) is 5.96. The van der Waals surface area contributed by atoms with E-state index in [-0.39, 0.29) is 11.8 Å². The molecule has 0 aliphatic heterocycles. The Morgan fingerprint density at radius 3 is 2.59 bits per heavy atom. The standard InChI is InChI=1S/C21H24N2O3S/c1-14(2)19(21(25)26-3)22-20(24)17-13-18-16(10-12-27-18)23(17)11-9-15-7-5-4-6-8-15/h4-8,10,12-14,19H,9,11H2,1-3H3,(H,22,24). The van der Waals surface area contributed by atoms with Crippen LogP contribution in [-0.4, -0.2) is 29.6 Å². The molecule has 2 aromatic heterocycles. The molecule has 1 N–H and O–H groups in total. The second-order valence-corrected chi connectivity index (χ2v) is 7.75. The van der Waals surface area contributed by atoms with Crippen molar-refractivity contribution in [1.82, 2.24) is 9.88 Å². The third kappa shape index (κ3) is 4.22. The number of esters is 1. The molecule has 0 bridgehead atoms. The van der Waals surface area contributed by atoms with E-state index in [2.05, 4.69) is 17.4 Å². The third-order valence-electron chi connectivity index (χ3n) is 4.63. The Morgan fingerprint density at radius 1 is 1.19 bits per heavy atom. The molecule has 0 aliphatic carbocycles. The van der Waals surface area contributed by atoms with Gasteiger partial charge in [-0.3, -0.25) is 4.79 Å². The van der Waals surface area contributed by atoms with E-state index in [1.54, 1.807) is 11.3 Å². The van der Waals surface area contributed by atoms with Crippen LogP contribution in [0.3, 0.4) is 0 Å². The van der Waals surface area contributed by atoms with Gasteiger partial charge in [-0.05, 0) is 35.4 Å². The molecule has 1 atom stereocenters. The van der Waals surface area contributed by atoms with Crippen molar-refractivity contribution >= 4 is 33.4 Å². The summed E-state index contributed by atoms with van der Waals surface area (Å²) in [5, 5.41) is 4.87. The summed E-state index contributed by atoms with van der Waals surface area (Å²) in [6.07, 6.45) is 0.825. The number of rotatable bonds is 7. The Bertz CT molecular complexity index is 927. The number of ether oxygens (including phenoxy) is 1. The van der Waals surface area contributed by atoms with Crippen LogP contribution >= 0.6 is 11.3 Å². The van der Waals surface area contributed by atoms with Crippen LogP contribution in [0.2, 0.25) is 0 Å². The average molecular weight is 385 g/mol. The first-order valence-electron chi connectivity index (χ1n) is 9.00. The number of amides is 1. The molecule has 1 aromatic carbocycles. The molecule has 0 saturated carbocycles. The number of hydrogen-bond acceptors (Lipinski definition) is 4. The SMILES string of the molecule is COC(=O)C(NC(=O)c1cc2sccc2n1CCc1ccccc1)C(C)C. The Balaban J connectivity index is 1.86. The van der Waals surface area contributed by atoms with E-state index in [9.17, 15) is 9.59 Å². The fraction of sp³-hybridized carbons (Fsp3) is 0.333. The number of thiophene rings is 1. The molecule has 1 unspecified atom stereocenters. The fourth-order valence-corrected chi connectivity index (χ4v) is 3.95. The summed E-state index contributed by atoms with van der Waals surface area (Å²) in [6, 6.07) is 13.5. The van der Waals surface area contributed by atoms with Crippen molar-refractivity contribution in [2.24, 2.45) is 5.92 Å². The van der Waals surface area contributed by atoms with E-state index in [0.717, 1.165) is 16.6 Å². The summed E-state index contributed by atoms with van der Waals surface area (Å²) in [5.41, 5.74) is 2.83. The minimum Gasteiger partial charge on any atom is -0.467 e. The number of hydrogen-bond donors (Lipinski definition) is 1. The van der Waals surface area contributed by atoms with Gasteiger partial charge in [-0.2, -0.15) is 0 Å². The maximum Gasteiger partial charge on any atom is 0.328 e. The van der Waals surface area contributed by atoms with Crippen molar-refractivity contribution in [3.8, 4) is 0 Å². The van der Waals surface area contributed by atoms with Crippen LogP contribution in [0.25, 0.3) is 10.2 Å². The molecule has 142 valence electrons. The van der Waals surface area contributed by atoms with Crippen LogP contribution in [0.4, 0.5) is 0 Å². The minimum atomic E-state index is -0.669. The van der Waals surface area contributed by atoms with Crippen molar-refractivity contribution in [1.29, 1.82) is 0 Å². The molecule has 3 aromatic rings. The number of benzene rings is 1. The number of aryl methyl sites for hydroxylation is 2. The zero-order valence-corrected chi connectivity index (χ0v) is 16.6. The molecule has 0 saturated heterocycles. The van der Waals surface area contributed by atoms with Crippen LogP contribution in [0.15, 0.2) is 47.8 Å². The van der Waals surface area contributed by atoms with E-state index >= 15 is 0 Å². The van der Waals surface area contributed by atoms with Crippen molar-refractivity contribution in [3.63, 3.8) is 0 Å². The summed E-state index contributed by atoms with van der Waals surface area (Å²) in [5.74, 6) is -0.742. The van der Waals surface area contributed by atoms with Gasteiger partial charge in [0, 0.05) is 6.54 Å². The van der Waals surface area contributed by atoms with E-state index in [1.165, 1.54) is 12.7 Å². The lowest BCUT2D eigenvalue weighted by Gasteiger charge is -2.20. The van der Waals surface area contributed by atoms with Crippen molar-refractivity contribution in [3.05, 3.63) is 59.1 Å². The number of carbonyl (C=O) groups excluding carboxylic acids is 2. The van der Waals surface area contributed by atoms with Crippen LogP contribution in [-0.2, 0) is 22.5 Å². The topological polar surface area (TPSA) is 60.3 Å². The van der Waals surface area contributed by atoms with Gasteiger partial charge in [0.15, 0.2) is 0 Å². The van der Waals surface area contributed by atoms with Crippen molar-refractivity contribution < 1.29 is 14.3 Å². The van der Waals surface area contributed by atoms with Crippen molar-refractivity contribution in [2.75, 3.05) is 7.11 Å². The zero-order chi connectivity index (χ0) is 19.4. The highest BCUT2D eigenvalue weighted by atomic mass is 32.1. The number of methoxy groups -OCH3 is 1. The number of fused-ring (bicyclic) bond motifs is 1. The summed E-state index contributed by atoms with van der Waals surface area (Å²) in [6.45, 7) is 4.46. The second kappa shape index (κ2) is 8.39. The number of nitrogens with one attached hydrogen (secondary N) is 1. The number of nitrogens with zero attached hydrogens (tertiary/aromatic N) is 1. The molecule has 0 radical (unpaired) electrons. The lowest BCUT2D eigenvalue weighted by molar-refractivity contribution is -0.144. The Labute approximate surface area is 163 Å². The maximum absolute atomic E-state index is 12.9. The van der Waals surface area contributed by atoms with Gasteiger partial charge in [0.1, 0.15) is 11.7 Å². The molecule has 6 heteroatoms. The molecule has 0 fully saturated rings. The van der Waals surface area contributed by atoms with Gasteiger partial charge in [-0.25, -0.2) is 4.79 Å². The van der Waals surface area contributed by atoms with Gasteiger partial charge in [0.25, 0.3) is 5.91 Å². The van der Waals surface area contributed by atoms with Gasteiger partial charge in [-0.1, -0.05) is 44.2 Å². The number of aromatic nitrogens is 1.